The molecule has 1 aliphatic rings. The molecule has 0 saturated heterocycles. The van der Waals surface area contributed by atoms with E-state index in [1.807, 2.05) is 33.6 Å². The van der Waals surface area contributed by atoms with Gasteiger partial charge in [0.15, 0.2) is 5.16 Å². The molecule has 25 heavy (non-hydrogen) atoms. The smallest absolute Gasteiger partial charge is 0.233 e. The van der Waals surface area contributed by atoms with E-state index in [0.717, 1.165) is 35.7 Å². The van der Waals surface area contributed by atoms with Crippen LogP contribution in [0.3, 0.4) is 0 Å². The number of carbonyl (C=O) groups is 1. The molecule has 0 unspecified atom stereocenters. The van der Waals surface area contributed by atoms with Crippen LogP contribution in [0.1, 0.15) is 10.4 Å². The Hall–Kier alpha value is -2.32. The van der Waals surface area contributed by atoms with Crippen molar-refractivity contribution in [3.05, 3.63) is 46.2 Å². The number of nitrogens with zero attached hydrogens (tertiary/aromatic N) is 4. The fourth-order valence-corrected chi connectivity index (χ4v) is 4.97. The third-order valence-corrected chi connectivity index (χ3v) is 6.44. The fraction of sp³-hybridized carbons (Fsp3) is 0.235. The van der Waals surface area contributed by atoms with E-state index in [9.17, 15) is 4.79 Å². The van der Waals surface area contributed by atoms with Crippen molar-refractivity contribution in [3.8, 4) is 0 Å². The van der Waals surface area contributed by atoms with Crippen molar-refractivity contribution in [3.63, 3.8) is 0 Å². The second-order valence-corrected chi connectivity index (χ2v) is 7.93. The molecule has 1 aliphatic heterocycles. The van der Waals surface area contributed by atoms with E-state index >= 15 is 0 Å². The first-order valence-electron chi connectivity index (χ1n) is 8.07. The number of amides is 1. The van der Waals surface area contributed by atoms with Gasteiger partial charge >= 0.3 is 0 Å². The molecule has 6 nitrogen and oxygen atoms in total. The third-order valence-electron chi connectivity index (χ3n) is 4.49. The standard InChI is InChI=1S/C17H15N5OS2/c23-15(21-7-5-14-11(9-21)6-8-24-14)10-25-17-20-19-16-18-12-3-1-2-4-13(12)22(16)17/h1-4,6,8H,5,7,9-10H2,(H,18,19). The first-order chi connectivity index (χ1) is 12.3. The summed E-state index contributed by atoms with van der Waals surface area (Å²) in [6.07, 6.45) is 0.961. The highest BCUT2D eigenvalue weighted by atomic mass is 32.2. The Kier molecular flexibility index (Phi) is 3.53. The minimum Gasteiger partial charge on any atom is -0.337 e. The topological polar surface area (TPSA) is 66.3 Å². The molecule has 4 heterocycles. The number of fused-ring (bicyclic) bond motifs is 4. The molecule has 0 fully saturated rings. The monoisotopic (exact) mass is 369 g/mol. The first-order valence-corrected chi connectivity index (χ1v) is 9.93. The fourth-order valence-electron chi connectivity index (χ4n) is 3.22. The first kappa shape index (κ1) is 15.0. The summed E-state index contributed by atoms with van der Waals surface area (Å²) in [7, 11) is 0. The van der Waals surface area contributed by atoms with Crippen molar-refractivity contribution in [1.82, 2.24) is 24.5 Å². The highest BCUT2D eigenvalue weighted by Gasteiger charge is 2.22. The predicted octanol–water partition coefficient (Wildman–Crippen LogP) is 2.95. The Labute approximate surface area is 151 Å². The Morgan fingerprint density at radius 1 is 1.32 bits per heavy atom. The number of aromatic amines is 1. The number of para-hydroxylation sites is 2. The molecule has 4 aromatic rings. The third kappa shape index (κ3) is 2.52. The molecule has 126 valence electrons. The highest BCUT2D eigenvalue weighted by molar-refractivity contribution is 7.99. The van der Waals surface area contributed by atoms with Crippen LogP contribution >= 0.6 is 23.1 Å². The second kappa shape index (κ2) is 5.89. The van der Waals surface area contributed by atoms with E-state index in [4.69, 9.17) is 0 Å². The lowest BCUT2D eigenvalue weighted by atomic mass is 10.1. The van der Waals surface area contributed by atoms with Gasteiger partial charge in [-0.25, -0.2) is 10.1 Å². The maximum absolute atomic E-state index is 12.6. The van der Waals surface area contributed by atoms with Crippen LogP contribution in [0, 0.1) is 0 Å². The van der Waals surface area contributed by atoms with Crippen LogP contribution in [0.4, 0.5) is 0 Å². The molecule has 0 aliphatic carbocycles. The van der Waals surface area contributed by atoms with Gasteiger partial charge in [0.2, 0.25) is 11.7 Å². The zero-order chi connectivity index (χ0) is 16.8. The van der Waals surface area contributed by atoms with Crippen molar-refractivity contribution in [2.24, 2.45) is 0 Å². The molecular weight excluding hydrogens is 354 g/mol. The van der Waals surface area contributed by atoms with Crippen LogP contribution in [0.5, 0.6) is 0 Å². The lowest BCUT2D eigenvalue weighted by Gasteiger charge is -2.26. The lowest BCUT2D eigenvalue weighted by Crippen LogP contribution is -2.36. The number of hydrogen-bond acceptors (Lipinski definition) is 5. The van der Waals surface area contributed by atoms with Gasteiger partial charge in [-0.05, 0) is 35.6 Å². The van der Waals surface area contributed by atoms with Crippen LogP contribution in [-0.2, 0) is 17.8 Å². The van der Waals surface area contributed by atoms with E-state index in [-0.39, 0.29) is 5.91 Å². The van der Waals surface area contributed by atoms with E-state index in [2.05, 4.69) is 26.6 Å². The summed E-state index contributed by atoms with van der Waals surface area (Å²) in [5.74, 6) is 1.24. The predicted molar refractivity (Wildman–Crippen MR) is 99.0 cm³/mol. The van der Waals surface area contributed by atoms with Crippen molar-refractivity contribution in [2.75, 3.05) is 12.3 Å². The summed E-state index contributed by atoms with van der Waals surface area (Å²) in [5.41, 5.74) is 3.21. The minimum atomic E-state index is 0.155. The minimum absolute atomic E-state index is 0.155. The second-order valence-electron chi connectivity index (χ2n) is 5.99. The van der Waals surface area contributed by atoms with Gasteiger partial charge in [0.25, 0.3) is 0 Å². The van der Waals surface area contributed by atoms with E-state index in [1.54, 1.807) is 11.3 Å². The van der Waals surface area contributed by atoms with Crippen molar-refractivity contribution in [2.45, 2.75) is 18.1 Å². The van der Waals surface area contributed by atoms with Crippen LogP contribution in [0.25, 0.3) is 16.8 Å². The lowest BCUT2D eigenvalue weighted by molar-refractivity contribution is -0.129. The number of aromatic nitrogens is 4. The zero-order valence-electron chi connectivity index (χ0n) is 13.3. The normalized spacial score (nSPS) is 14.3. The van der Waals surface area contributed by atoms with Crippen LogP contribution in [0.15, 0.2) is 40.9 Å². The SMILES string of the molecule is O=C(CSc1n[nH]c2nc3ccccc3n12)N1CCc2sccc2C1. The van der Waals surface area contributed by atoms with Gasteiger partial charge in [0.1, 0.15) is 0 Å². The molecule has 0 spiro atoms. The zero-order valence-corrected chi connectivity index (χ0v) is 14.9. The number of H-pyrrole nitrogens is 1. The van der Waals surface area contributed by atoms with Crippen LogP contribution in [0.2, 0.25) is 0 Å². The van der Waals surface area contributed by atoms with Gasteiger partial charge in [-0.2, -0.15) is 0 Å². The molecule has 3 aromatic heterocycles. The highest BCUT2D eigenvalue weighted by Crippen LogP contribution is 2.26. The molecule has 5 rings (SSSR count). The van der Waals surface area contributed by atoms with Crippen molar-refractivity contribution in [1.29, 1.82) is 0 Å². The number of benzene rings is 1. The molecule has 1 aromatic carbocycles. The summed E-state index contributed by atoms with van der Waals surface area (Å²) in [6.45, 7) is 1.53. The number of imidazole rings is 1. The number of thiophene rings is 1. The van der Waals surface area contributed by atoms with Gasteiger partial charge < -0.3 is 4.90 Å². The average molecular weight is 369 g/mol. The van der Waals surface area contributed by atoms with Gasteiger partial charge in [-0.15, -0.1) is 16.4 Å². The molecule has 0 saturated carbocycles. The molecule has 0 radical (unpaired) electrons. The van der Waals surface area contributed by atoms with E-state index in [1.165, 1.54) is 22.2 Å². The summed E-state index contributed by atoms with van der Waals surface area (Å²) in [5, 5.41) is 10.1. The van der Waals surface area contributed by atoms with E-state index < -0.39 is 0 Å². The Morgan fingerprint density at radius 3 is 3.20 bits per heavy atom. The number of nitrogens with one attached hydrogen (secondary N) is 1. The summed E-state index contributed by atoms with van der Waals surface area (Å²) in [6, 6.07) is 10.1. The maximum atomic E-state index is 12.6. The van der Waals surface area contributed by atoms with Gasteiger partial charge in [0, 0.05) is 18.0 Å². The largest absolute Gasteiger partial charge is 0.337 e. The van der Waals surface area contributed by atoms with Gasteiger partial charge in [0.05, 0.1) is 16.8 Å². The van der Waals surface area contributed by atoms with Crippen molar-refractivity contribution >= 4 is 45.8 Å². The van der Waals surface area contributed by atoms with E-state index in [0.29, 0.717) is 11.5 Å². The van der Waals surface area contributed by atoms with Gasteiger partial charge in [-0.3, -0.25) is 9.20 Å². The Balaban J connectivity index is 1.35. The average Bonchev–Trinajstić information content (AvgIpc) is 3.33. The summed E-state index contributed by atoms with van der Waals surface area (Å²) in [4.78, 5) is 20.5. The molecule has 1 N–H and O–H groups in total. The Morgan fingerprint density at radius 2 is 2.24 bits per heavy atom. The van der Waals surface area contributed by atoms with Crippen molar-refractivity contribution < 1.29 is 4.79 Å². The number of rotatable bonds is 3. The quantitative estimate of drug-likeness (QED) is 0.564. The summed E-state index contributed by atoms with van der Waals surface area (Å²) >= 11 is 3.24. The van der Waals surface area contributed by atoms with Crippen LogP contribution in [-0.4, -0.2) is 42.7 Å². The number of thioether (sulfide) groups is 1. The van der Waals surface area contributed by atoms with Gasteiger partial charge in [-0.1, -0.05) is 23.9 Å². The number of hydrogen-bond donors (Lipinski definition) is 1. The molecule has 1 amide bonds. The summed E-state index contributed by atoms with van der Waals surface area (Å²) < 4.78 is 1.97. The molecule has 0 atom stereocenters. The van der Waals surface area contributed by atoms with Crippen LogP contribution < -0.4 is 0 Å². The molecule has 0 bridgehead atoms. The Bertz CT molecular complexity index is 1080. The number of carbonyl (C=O) groups excluding carboxylic acids is 1. The molecular formula is C17H15N5OS2. The molecule has 8 heteroatoms. The maximum Gasteiger partial charge on any atom is 0.233 e.